The highest BCUT2D eigenvalue weighted by atomic mass is 79.9. The van der Waals surface area contributed by atoms with E-state index in [2.05, 4.69) is 29.8 Å². The molecule has 1 aromatic carbocycles. The predicted octanol–water partition coefficient (Wildman–Crippen LogP) is 1.64. The lowest BCUT2D eigenvalue weighted by molar-refractivity contribution is 0.404. The van der Waals surface area contributed by atoms with Crippen LogP contribution in [0.1, 0.15) is 13.8 Å². The van der Waals surface area contributed by atoms with Gasteiger partial charge < -0.3 is 20.3 Å². The van der Waals surface area contributed by atoms with Crippen molar-refractivity contribution in [2.75, 3.05) is 5.33 Å². The number of phenols is 2. The second kappa shape index (κ2) is 12.4. The quantitative estimate of drug-likeness (QED) is 0.360. The van der Waals surface area contributed by atoms with Gasteiger partial charge in [-0.1, -0.05) is 41.9 Å². The van der Waals surface area contributed by atoms with E-state index in [4.69, 9.17) is 20.3 Å². The summed E-state index contributed by atoms with van der Waals surface area (Å²) >= 11 is 3.31. The van der Waals surface area contributed by atoms with Crippen molar-refractivity contribution in [1.82, 2.24) is 0 Å². The Morgan fingerprint density at radius 3 is 1.50 bits per heavy atom. The van der Waals surface area contributed by atoms with Crippen molar-refractivity contribution in [3.63, 3.8) is 0 Å². The van der Waals surface area contributed by atoms with Crippen molar-refractivity contribution in [1.29, 1.82) is 0 Å². The minimum atomic E-state index is -0.0764. The molecule has 0 aliphatic heterocycles. The highest BCUT2D eigenvalue weighted by molar-refractivity contribution is 9.09. The minimum absolute atomic E-state index is 0. The van der Waals surface area contributed by atoms with Crippen LogP contribution in [-0.4, -0.2) is 33.3 Å². The first kappa shape index (κ1) is 17.7. The van der Waals surface area contributed by atoms with E-state index >= 15 is 0 Å². The molecule has 0 fully saturated rings. The van der Waals surface area contributed by atoms with E-state index in [1.54, 1.807) is 12.1 Å². The maximum absolute atomic E-state index is 8.67. The van der Waals surface area contributed by atoms with Gasteiger partial charge in [0.2, 0.25) is 0 Å². The molecule has 0 heterocycles. The largest absolute Gasteiger partial charge is 0.504 e. The van der Waals surface area contributed by atoms with Gasteiger partial charge in [-0.05, 0) is 18.1 Å². The van der Waals surface area contributed by atoms with Gasteiger partial charge in [-0.25, -0.2) is 0 Å². The average molecular weight is 292 g/mol. The Morgan fingerprint density at radius 2 is 1.38 bits per heavy atom. The van der Waals surface area contributed by atoms with E-state index in [-0.39, 0.29) is 19.2 Å². The molecule has 16 heavy (non-hydrogen) atoms. The third-order valence-corrected chi connectivity index (χ3v) is 2.49. The summed E-state index contributed by atoms with van der Waals surface area (Å²) in [5.74, 6) is 0.648. The van der Waals surface area contributed by atoms with E-state index in [1.807, 2.05) is 0 Å². The molecule has 0 aliphatic rings. The van der Waals surface area contributed by atoms with Gasteiger partial charge in [0.1, 0.15) is 0 Å². The first-order chi connectivity index (χ1) is 7.49. The molecule has 91 valence electrons. The monoisotopic (exact) mass is 291 g/mol. The number of phenolic OH excluding ortho intramolecular Hbond substituents is 2. The van der Waals surface area contributed by atoms with Gasteiger partial charge in [-0.15, -0.1) is 0 Å². The Balaban J connectivity index is 0. The molecule has 4 N–H and O–H groups in total. The van der Waals surface area contributed by atoms with Crippen LogP contribution in [0.15, 0.2) is 24.3 Å². The lowest BCUT2D eigenvalue weighted by Crippen LogP contribution is -1.82. The molecule has 1 aromatic rings. The Bertz CT molecular complexity index is 237. The summed E-state index contributed by atoms with van der Waals surface area (Å²) in [6.45, 7) is 4.35. The molecule has 0 bridgehead atoms. The Hall–Kier alpha value is -0.715. The molecule has 0 aliphatic carbocycles. The van der Waals surface area contributed by atoms with Crippen molar-refractivity contribution < 1.29 is 20.3 Å². The number of hydrogen-bond acceptors (Lipinski definition) is 4. The summed E-state index contributed by atoms with van der Waals surface area (Å²) in [5.41, 5.74) is 0. The molecular weight excluding hydrogens is 275 g/mol. The second-order valence-corrected chi connectivity index (χ2v) is 3.80. The summed E-state index contributed by atoms with van der Waals surface area (Å²) in [6, 6.07) is 6.15. The third kappa shape index (κ3) is 13.3. The van der Waals surface area contributed by atoms with Crippen molar-refractivity contribution in [2.24, 2.45) is 5.92 Å². The fraction of sp³-hybridized carbons (Fsp3) is 0.400. The summed E-state index contributed by atoms with van der Waals surface area (Å²) in [7, 11) is 0. The zero-order valence-electron chi connectivity index (χ0n) is 9.34. The molecule has 1 radical (unpaired) electrons. The van der Waals surface area contributed by atoms with Crippen LogP contribution < -0.4 is 0 Å². The number of halogens is 1. The number of aromatic hydroxyl groups is 2. The Labute approximate surface area is 105 Å². The van der Waals surface area contributed by atoms with Crippen LogP contribution in [-0.2, 0) is 0 Å². The molecule has 1 rings (SSSR count). The van der Waals surface area contributed by atoms with E-state index < -0.39 is 0 Å². The smallest absolute Gasteiger partial charge is 0.482 e. The van der Waals surface area contributed by atoms with Crippen molar-refractivity contribution >= 4 is 23.6 Å². The number of alkyl halides is 1. The van der Waals surface area contributed by atoms with E-state index in [1.165, 1.54) is 12.1 Å². The van der Waals surface area contributed by atoms with Crippen LogP contribution in [0, 0.1) is 5.92 Å². The van der Waals surface area contributed by atoms with Crippen LogP contribution >= 0.6 is 15.9 Å². The number of para-hydroxylation sites is 2. The number of rotatable bonds is 1. The van der Waals surface area contributed by atoms with Gasteiger partial charge in [0, 0.05) is 5.33 Å². The first-order valence-electron chi connectivity index (χ1n) is 4.62. The average Bonchev–Trinajstić information content (AvgIpc) is 2.24. The van der Waals surface area contributed by atoms with Gasteiger partial charge in [-0.2, -0.15) is 0 Å². The van der Waals surface area contributed by atoms with Gasteiger partial charge in [0.15, 0.2) is 11.5 Å². The lowest BCUT2D eigenvalue weighted by Gasteiger charge is -1.91. The fourth-order valence-corrected chi connectivity index (χ4v) is 0.464. The maximum atomic E-state index is 8.67. The summed E-state index contributed by atoms with van der Waals surface area (Å²) in [5, 5.41) is 32.5. The lowest BCUT2D eigenvalue weighted by atomic mass is 10.3. The summed E-state index contributed by atoms with van der Waals surface area (Å²) < 4.78 is 0. The molecule has 0 spiro atoms. The van der Waals surface area contributed by atoms with Gasteiger partial charge in [-0.3, -0.25) is 0 Å². The topological polar surface area (TPSA) is 80.9 Å². The molecule has 0 unspecified atom stereocenters. The van der Waals surface area contributed by atoms with Crippen molar-refractivity contribution in [2.45, 2.75) is 13.8 Å². The summed E-state index contributed by atoms with van der Waals surface area (Å²) in [4.78, 5) is 0. The SMILES string of the molecule is CC(C)CBr.O[B]O.Oc1ccccc1O. The van der Waals surface area contributed by atoms with E-state index in [9.17, 15) is 0 Å². The number of hydrogen-bond donors (Lipinski definition) is 4. The predicted molar refractivity (Wildman–Crippen MR) is 68.6 cm³/mol. The van der Waals surface area contributed by atoms with Gasteiger partial charge in [0.05, 0.1) is 0 Å². The van der Waals surface area contributed by atoms with Crippen molar-refractivity contribution in [3.05, 3.63) is 24.3 Å². The maximum Gasteiger partial charge on any atom is 0.482 e. The molecule has 0 saturated heterocycles. The molecule has 6 heteroatoms. The van der Waals surface area contributed by atoms with Crippen LogP contribution in [0.2, 0.25) is 0 Å². The van der Waals surface area contributed by atoms with Crippen LogP contribution in [0.3, 0.4) is 0 Å². The van der Waals surface area contributed by atoms with Crippen LogP contribution in [0.5, 0.6) is 11.5 Å². The van der Waals surface area contributed by atoms with Gasteiger partial charge in [0.25, 0.3) is 0 Å². The zero-order chi connectivity index (χ0) is 13.0. The minimum Gasteiger partial charge on any atom is -0.504 e. The zero-order valence-corrected chi connectivity index (χ0v) is 10.9. The third-order valence-electron chi connectivity index (χ3n) is 1.19. The van der Waals surface area contributed by atoms with E-state index in [0.717, 1.165) is 11.2 Å². The number of benzene rings is 1. The van der Waals surface area contributed by atoms with Gasteiger partial charge >= 0.3 is 7.69 Å². The highest BCUT2D eigenvalue weighted by Gasteiger charge is 1.90. The molecule has 0 aromatic heterocycles. The second-order valence-electron chi connectivity index (χ2n) is 3.15. The Morgan fingerprint density at radius 1 is 1.12 bits per heavy atom. The fourth-order valence-electron chi connectivity index (χ4n) is 0.464. The van der Waals surface area contributed by atoms with E-state index in [0.29, 0.717) is 0 Å². The molecule has 0 atom stereocenters. The Kier molecular flexibility index (Phi) is 13.6. The standard InChI is InChI=1S/C6H6O2.C4H9Br.BH2O2/c7-5-3-1-2-4-6(5)8;1-4(2)3-5;2-1-3/h1-4,7-8H;4H,3H2,1-2H3;2-3H. The normalized spacial score (nSPS) is 8.38. The molecule has 4 nitrogen and oxygen atoms in total. The van der Waals surface area contributed by atoms with Crippen LogP contribution in [0.4, 0.5) is 0 Å². The van der Waals surface area contributed by atoms with Crippen molar-refractivity contribution in [3.8, 4) is 11.5 Å². The van der Waals surface area contributed by atoms with Crippen LogP contribution in [0.25, 0.3) is 0 Å². The summed E-state index contributed by atoms with van der Waals surface area (Å²) in [6.07, 6.45) is 0. The molecular formula is C10H17BBrO4. The highest BCUT2D eigenvalue weighted by Crippen LogP contribution is 2.21. The first-order valence-corrected chi connectivity index (χ1v) is 5.74. The molecule has 0 amide bonds. The molecule has 0 saturated carbocycles.